The van der Waals surface area contributed by atoms with E-state index in [1.165, 1.54) is 4.52 Å². The molecule has 0 saturated carbocycles. The van der Waals surface area contributed by atoms with Crippen molar-refractivity contribution in [3.63, 3.8) is 0 Å². The molecule has 2 bridgehead atoms. The van der Waals surface area contributed by atoms with E-state index in [1.807, 2.05) is 29.3 Å². The molecule has 2 unspecified atom stereocenters. The van der Waals surface area contributed by atoms with E-state index in [4.69, 9.17) is 10.7 Å². The third-order valence-corrected chi connectivity index (χ3v) is 9.41. The third-order valence-electron chi connectivity index (χ3n) is 7.47. The molecule has 2 fully saturated rings. The predicted molar refractivity (Wildman–Crippen MR) is 141 cm³/mol. The number of piperidine rings is 1. The molecule has 2 N–H and O–H groups in total. The van der Waals surface area contributed by atoms with Crippen molar-refractivity contribution in [1.82, 2.24) is 29.5 Å². The van der Waals surface area contributed by atoms with E-state index < -0.39 is 9.84 Å². The zero-order valence-electron chi connectivity index (χ0n) is 20.7. The van der Waals surface area contributed by atoms with Crippen LogP contribution in [0.5, 0.6) is 0 Å². The summed E-state index contributed by atoms with van der Waals surface area (Å²) in [6.45, 7) is 3.55. The summed E-state index contributed by atoms with van der Waals surface area (Å²) >= 11 is 1.57. The van der Waals surface area contributed by atoms with E-state index in [0.29, 0.717) is 29.7 Å². The minimum atomic E-state index is -3.69. The predicted octanol–water partition coefficient (Wildman–Crippen LogP) is 3.47. The number of aryl methyl sites for hydroxylation is 1. The van der Waals surface area contributed by atoms with Crippen molar-refractivity contribution in [2.45, 2.75) is 62.4 Å². The molecule has 0 aliphatic carbocycles. The number of fused-ring (bicyclic) bond motifs is 3. The van der Waals surface area contributed by atoms with Crippen LogP contribution in [0.15, 0.2) is 34.8 Å². The highest BCUT2D eigenvalue weighted by Crippen LogP contribution is 2.45. The topological polar surface area (TPSA) is 136 Å². The van der Waals surface area contributed by atoms with Crippen molar-refractivity contribution in [2.24, 2.45) is 0 Å². The fourth-order valence-electron chi connectivity index (χ4n) is 5.98. The highest BCUT2D eigenvalue weighted by atomic mass is 32.2. The van der Waals surface area contributed by atoms with Crippen LogP contribution in [0.3, 0.4) is 0 Å². The van der Waals surface area contributed by atoms with Crippen molar-refractivity contribution < 1.29 is 13.2 Å². The Balaban J connectivity index is 1.45. The number of rotatable bonds is 4. The van der Waals surface area contributed by atoms with E-state index >= 15 is 0 Å². The number of carbonyl (C=O) groups excluding carboxylic acids is 1. The Morgan fingerprint density at radius 1 is 1.11 bits per heavy atom. The van der Waals surface area contributed by atoms with Gasteiger partial charge in [0.1, 0.15) is 10.7 Å². The molecule has 0 spiro atoms. The van der Waals surface area contributed by atoms with Gasteiger partial charge in [-0.25, -0.2) is 18.4 Å². The van der Waals surface area contributed by atoms with Gasteiger partial charge in [0, 0.05) is 53.9 Å². The van der Waals surface area contributed by atoms with Gasteiger partial charge in [-0.15, -0.1) is 11.3 Å². The van der Waals surface area contributed by atoms with Gasteiger partial charge in [0.05, 0.1) is 28.3 Å². The Morgan fingerprint density at radius 2 is 1.84 bits per heavy atom. The number of hydrogen-bond acceptors (Lipinski definition) is 9. The van der Waals surface area contributed by atoms with Crippen LogP contribution in [0, 0.1) is 6.92 Å². The van der Waals surface area contributed by atoms with Gasteiger partial charge in [-0.3, -0.25) is 9.78 Å². The zero-order valence-corrected chi connectivity index (χ0v) is 22.4. The number of sulfone groups is 1. The summed E-state index contributed by atoms with van der Waals surface area (Å²) in [6, 6.07) is 4.01. The lowest BCUT2D eigenvalue weighted by Crippen LogP contribution is -2.45. The van der Waals surface area contributed by atoms with Gasteiger partial charge in [-0.2, -0.15) is 9.61 Å². The Morgan fingerprint density at radius 3 is 2.41 bits per heavy atom. The molecule has 4 aromatic heterocycles. The molecule has 4 aromatic rings. The van der Waals surface area contributed by atoms with Gasteiger partial charge in [0.2, 0.25) is 5.91 Å². The Hall–Kier alpha value is -3.38. The van der Waals surface area contributed by atoms with Gasteiger partial charge in [0.15, 0.2) is 15.5 Å². The second-order valence-electron chi connectivity index (χ2n) is 9.94. The summed E-state index contributed by atoms with van der Waals surface area (Å²) in [4.78, 5) is 28.2. The van der Waals surface area contributed by atoms with Gasteiger partial charge in [-0.1, -0.05) is 6.07 Å². The second-order valence-corrected chi connectivity index (χ2v) is 13.0. The number of anilines is 1. The molecule has 2 atom stereocenters. The molecule has 6 heterocycles. The van der Waals surface area contributed by atoms with Crippen molar-refractivity contribution in [3.05, 3.63) is 40.6 Å². The molecule has 1 amide bonds. The first-order chi connectivity index (χ1) is 17.6. The summed E-state index contributed by atoms with van der Waals surface area (Å²) in [5.74, 6) is -0.00190. The van der Waals surface area contributed by atoms with Gasteiger partial charge >= 0.3 is 0 Å². The fraction of sp³-hybridized carbons (Fsp3) is 0.400. The molecule has 2 aliphatic rings. The quantitative estimate of drug-likeness (QED) is 0.418. The smallest absolute Gasteiger partial charge is 0.219 e. The number of carbonyl (C=O) groups is 1. The number of nitrogens with two attached hydrogens (primary N) is 1. The fourth-order valence-corrected chi connectivity index (χ4v) is 7.64. The largest absolute Gasteiger partial charge is 0.382 e. The van der Waals surface area contributed by atoms with Crippen molar-refractivity contribution in [1.29, 1.82) is 0 Å². The van der Waals surface area contributed by atoms with E-state index in [1.54, 1.807) is 30.7 Å². The second kappa shape index (κ2) is 8.59. The summed E-state index contributed by atoms with van der Waals surface area (Å²) in [6.07, 6.45) is 7.70. The maximum absolute atomic E-state index is 12.9. The highest BCUT2D eigenvalue weighted by Gasteiger charge is 2.44. The molecular formula is C25H27N7O3S2. The maximum Gasteiger partial charge on any atom is 0.219 e. The van der Waals surface area contributed by atoms with Crippen molar-refractivity contribution in [2.75, 3.05) is 12.0 Å². The zero-order chi connectivity index (χ0) is 26.1. The van der Waals surface area contributed by atoms with Gasteiger partial charge < -0.3 is 10.6 Å². The van der Waals surface area contributed by atoms with Gasteiger partial charge in [0.25, 0.3) is 0 Å². The lowest BCUT2D eigenvalue weighted by molar-refractivity contribution is -0.133. The summed E-state index contributed by atoms with van der Waals surface area (Å²) in [5.41, 5.74) is 10.5. The number of pyridine rings is 1. The monoisotopic (exact) mass is 537 g/mol. The minimum Gasteiger partial charge on any atom is -0.382 e. The van der Waals surface area contributed by atoms with Crippen LogP contribution in [0.2, 0.25) is 0 Å². The summed E-state index contributed by atoms with van der Waals surface area (Å²) in [7, 11) is -3.69. The molecule has 10 nitrogen and oxygen atoms in total. The molecule has 6 rings (SSSR count). The van der Waals surface area contributed by atoms with E-state index in [2.05, 4.69) is 15.1 Å². The Bertz CT molecular complexity index is 1630. The van der Waals surface area contributed by atoms with Crippen LogP contribution in [-0.2, 0) is 14.6 Å². The van der Waals surface area contributed by atoms with E-state index in [9.17, 15) is 13.2 Å². The third kappa shape index (κ3) is 3.98. The standard InChI is InChI=1S/C25H27N7O3S2/c1-13-29-21(12-36-13)20-7-4-15(10-27-20)19-11-28-32-24(26)23(37(3,34)35)22(30-25(19)32)16-8-17-5-6-18(9-16)31(17)14(2)33/h4,7,10-12,16-18H,5-6,8-9,26H2,1-3H3. The number of aromatic nitrogens is 5. The molecule has 12 heteroatoms. The molecule has 2 aliphatic heterocycles. The maximum atomic E-state index is 12.9. The number of thiazole rings is 1. The van der Waals surface area contributed by atoms with Crippen LogP contribution in [0.1, 0.15) is 49.2 Å². The molecule has 192 valence electrons. The number of hydrogen-bond donors (Lipinski definition) is 1. The van der Waals surface area contributed by atoms with Crippen LogP contribution in [0.25, 0.3) is 28.2 Å². The lowest BCUT2D eigenvalue weighted by Gasteiger charge is -2.38. The number of amides is 1. The summed E-state index contributed by atoms with van der Waals surface area (Å²) < 4.78 is 27.2. The van der Waals surface area contributed by atoms with E-state index in [-0.39, 0.29) is 34.6 Å². The minimum absolute atomic E-state index is 0.0303. The SMILES string of the molecule is CC(=O)N1C2CCC1CC(c1nc3c(-c4ccc(-c5csc(C)n5)nc4)cnn3c(N)c1S(C)(=O)=O)C2. The van der Waals surface area contributed by atoms with Crippen LogP contribution < -0.4 is 5.73 Å². The first-order valence-electron chi connectivity index (χ1n) is 12.2. The number of nitrogens with zero attached hydrogens (tertiary/aromatic N) is 6. The first-order valence-corrected chi connectivity index (χ1v) is 14.9. The average Bonchev–Trinajstić information content (AvgIpc) is 3.54. The molecular weight excluding hydrogens is 510 g/mol. The molecule has 0 radical (unpaired) electrons. The van der Waals surface area contributed by atoms with Gasteiger partial charge in [-0.05, 0) is 38.7 Å². The van der Waals surface area contributed by atoms with Crippen LogP contribution in [0.4, 0.5) is 5.82 Å². The van der Waals surface area contributed by atoms with Crippen LogP contribution in [-0.4, -0.2) is 62.1 Å². The van der Waals surface area contributed by atoms with Crippen molar-refractivity contribution >= 4 is 38.5 Å². The normalized spacial score (nSPS) is 21.6. The molecule has 37 heavy (non-hydrogen) atoms. The summed E-state index contributed by atoms with van der Waals surface area (Å²) in [5, 5.41) is 7.33. The van der Waals surface area contributed by atoms with Crippen LogP contribution >= 0.6 is 11.3 Å². The van der Waals surface area contributed by atoms with Crippen molar-refractivity contribution in [3.8, 4) is 22.5 Å². The average molecular weight is 538 g/mol. The molecule has 2 saturated heterocycles. The van der Waals surface area contributed by atoms with E-state index in [0.717, 1.165) is 41.1 Å². The highest BCUT2D eigenvalue weighted by molar-refractivity contribution is 7.91. The lowest BCUT2D eigenvalue weighted by atomic mass is 9.87. The number of nitrogen functional groups attached to an aromatic ring is 1. The molecule has 0 aromatic carbocycles. The first kappa shape index (κ1) is 24.0. The Kier molecular flexibility index (Phi) is 5.57. The Labute approximate surface area is 218 Å².